The van der Waals surface area contributed by atoms with Gasteiger partial charge in [0.15, 0.2) is 23.0 Å². The number of ether oxygens (including phenoxy) is 5. The van der Waals surface area contributed by atoms with Crippen LogP contribution in [0.1, 0.15) is 89.9 Å². The molecular formula is C40H57NO9Si. The van der Waals surface area contributed by atoms with Gasteiger partial charge in [0.05, 0.1) is 46.1 Å². The van der Waals surface area contributed by atoms with Crippen molar-refractivity contribution in [3.05, 3.63) is 71.3 Å². The standard InChI is InChI=1S/C40H57NO9Si/c1-25(2)51(26(3)4,27(5)6)50-37(24-41-39(44)49-40(7,8)9)32-23-36(47-12)35(46-11)22-31(32)30-21-34(45-10)33(42)20-29(30)18-19-48-38(43)28-16-14-13-15-17-28/h13-17,20-23,25-27,37,42H,18-19,24H2,1-12H3,(H,41,44)/t37-/m1/s1. The number of nitrogens with one attached hydrogen (secondary N) is 1. The summed E-state index contributed by atoms with van der Waals surface area (Å²) in [5.41, 5.74) is 3.33. The van der Waals surface area contributed by atoms with Crippen LogP contribution >= 0.6 is 0 Å². The van der Waals surface area contributed by atoms with E-state index in [2.05, 4.69) is 46.9 Å². The number of rotatable bonds is 16. The Balaban J connectivity index is 2.27. The number of benzene rings is 3. The number of phenolic OH excluding ortho intramolecular Hbond substituents is 1. The Morgan fingerprint density at radius 2 is 1.33 bits per heavy atom. The van der Waals surface area contributed by atoms with Crippen molar-refractivity contribution in [2.75, 3.05) is 34.5 Å². The molecule has 0 spiro atoms. The van der Waals surface area contributed by atoms with Crippen molar-refractivity contribution in [2.24, 2.45) is 0 Å². The highest BCUT2D eigenvalue weighted by atomic mass is 28.4. The van der Waals surface area contributed by atoms with Gasteiger partial charge < -0.3 is 38.5 Å². The van der Waals surface area contributed by atoms with Crippen molar-refractivity contribution in [3.8, 4) is 34.1 Å². The van der Waals surface area contributed by atoms with Crippen LogP contribution in [0.4, 0.5) is 4.79 Å². The largest absolute Gasteiger partial charge is 0.504 e. The molecule has 0 heterocycles. The van der Waals surface area contributed by atoms with E-state index in [-0.39, 0.29) is 47.7 Å². The number of aromatic hydroxyl groups is 1. The van der Waals surface area contributed by atoms with Gasteiger partial charge in [0.2, 0.25) is 8.32 Å². The molecule has 0 aromatic heterocycles. The second-order valence-corrected chi connectivity index (χ2v) is 19.9. The number of methoxy groups -OCH3 is 3. The summed E-state index contributed by atoms with van der Waals surface area (Å²) in [4.78, 5) is 25.9. The highest BCUT2D eigenvalue weighted by molar-refractivity contribution is 6.77. The Labute approximate surface area is 304 Å². The Morgan fingerprint density at radius 1 is 0.784 bits per heavy atom. The van der Waals surface area contributed by atoms with Crippen molar-refractivity contribution in [1.29, 1.82) is 0 Å². The Kier molecular flexibility index (Phi) is 14.4. The van der Waals surface area contributed by atoms with Crippen LogP contribution in [0.5, 0.6) is 23.0 Å². The first-order chi connectivity index (χ1) is 24.0. The van der Waals surface area contributed by atoms with Crippen LogP contribution in [0.2, 0.25) is 16.6 Å². The van der Waals surface area contributed by atoms with Crippen molar-refractivity contribution in [1.82, 2.24) is 5.32 Å². The summed E-state index contributed by atoms with van der Waals surface area (Å²) in [5, 5.41) is 13.9. The lowest BCUT2D eigenvalue weighted by Crippen LogP contribution is -2.50. The summed E-state index contributed by atoms with van der Waals surface area (Å²) < 4.78 is 35.9. The van der Waals surface area contributed by atoms with Gasteiger partial charge in [-0.1, -0.05) is 59.7 Å². The fourth-order valence-corrected chi connectivity index (χ4v) is 12.4. The molecule has 3 aromatic carbocycles. The third-order valence-corrected chi connectivity index (χ3v) is 15.2. The normalized spacial score (nSPS) is 12.5. The molecule has 0 aliphatic rings. The number of carbonyl (C=O) groups excluding carboxylic acids is 2. The molecule has 3 rings (SSSR count). The minimum Gasteiger partial charge on any atom is -0.504 e. The molecule has 11 heteroatoms. The summed E-state index contributed by atoms with van der Waals surface area (Å²) in [6.45, 7) is 18.9. The van der Waals surface area contributed by atoms with Crippen molar-refractivity contribution < 1.29 is 42.8 Å². The molecule has 0 aliphatic heterocycles. The highest BCUT2D eigenvalue weighted by Crippen LogP contribution is 2.48. The predicted molar refractivity (Wildman–Crippen MR) is 203 cm³/mol. The van der Waals surface area contributed by atoms with E-state index in [9.17, 15) is 14.7 Å². The average molecular weight is 724 g/mol. The summed E-state index contributed by atoms with van der Waals surface area (Å²) in [6, 6.07) is 15.9. The number of carbonyl (C=O) groups is 2. The SMILES string of the molecule is COc1cc(-c2cc(OC)c(OC)cc2[C@@H](CNC(=O)OC(C)(C)C)O[Si](C(C)C)(C(C)C)C(C)C)c(CCOC(=O)c2ccccc2)cc1O. The summed E-state index contributed by atoms with van der Waals surface area (Å²) in [6.07, 6.45) is -0.921. The minimum absolute atomic E-state index is 0.0549. The molecule has 0 unspecified atom stereocenters. The third kappa shape index (κ3) is 10.2. The monoisotopic (exact) mass is 723 g/mol. The Bertz CT molecular complexity index is 1590. The smallest absolute Gasteiger partial charge is 0.407 e. The van der Waals surface area contributed by atoms with E-state index in [1.54, 1.807) is 50.6 Å². The van der Waals surface area contributed by atoms with Crippen LogP contribution in [0.3, 0.4) is 0 Å². The molecular weight excluding hydrogens is 667 g/mol. The van der Waals surface area contributed by atoms with Crippen LogP contribution in [-0.4, -0.2) is 65.6 Å². The van der Waals surface area contributed by atoms with E-state index in [1.807, 2.05) is 39.0 Å². The lowest BCUT2D eigenvalue weighted by atomic mass is 9.90. The number of esters is 1. The van der Waals surface area contributed by atoms with Gasteiger partial charge in [0.25, 0.3) is 0 Å². The zero-order valence-electron chi connectivity index (χ0n) is 32.3. The second kappa shape index (κ2) is 17.8. The lowest BCUT2D eigenvalue weighted by molar-refractivity contribution is 0.0489. The maximum absolute atomic E-state index is 13.1. The topological polar surface area (TPSA) is 122 Å². The zero-order valence-corrected chi connectivity index (χ0v) is 33.3. The Morgan fingerprint density at radius 3 is 1.86 bits per heavy atom. The molecule has 1 atom stereocenters. The van der Waals surface area contributed by atoms with Crippen molar-refractivity contribution >= 4 is 20.4 Å². The zero-order chi connectivity index (χ0) is 38.1. The van der Waals surface area contributed by atoms with E-state index in [1.165, 1.54) is 7.11 Å². The number of hydrogen-bond donors (Lipinski definition) is 2. The van der Waals surface area contributed by atoms with Crippen molar-refractivity contribution in [2.45, 2.75) is 97.1 Å². The lowest BCUT2D eigenvalue weighted by Gasteiger charge is -2.45. The maximum Gasteiger partial charge on any atom is 0.407 e. The molecule has 51 heavy (non-hydrogen) atoms. The third-order valence-electron chi connectivity index (χ3n) is 9.10. The van der Waals surface area contributed by atoms with Crippen LogP contribution < -0.4 is 19.5 Å². The second-order valence-electron chi connectivity index (χ2n) is 14.5. The van der Waals surface area contributed by atoms with Gasteiger partial charge in [-0.15, -0.1) is 0 Å². The molecule has 0 saturated heterocycles. The van der Waals surface area contributed by atoms with Gasteiger partial charge in [0, 0.05) is 6.42 Å². The fourth-order valence-electron chi connectivity index (χ4n) is 6.90. The molecule has 0 radical (unpaired) electrons. The van der Waals surface area contributed by atoms with Crippen LogP contribution in [0.15, 0.2) is 54.6 Å². The molecule has 280 valence electrons. The van der Waals surface area contributed by atoms with Crippen LogP contribution in [0, 0.1) is 0 Å². The molecule has 1 amide bonds. The molecule has 0 bridgehead atoms. The van der Waals surface area contributed by atoms with Gasteiger partial charge in [-0.25, -0.2) is 9.59 Å². The first-order valence-corrected chi connectivity index (χ1v) is 19.7. The summed E-state index contributed by atoms with van der Waals surface area (Å²) in [7, 11) is 2.06. The first kappa shape index (κ1) is 41.2. The van der Waals surface area contributed by atoms with Crippen molar-refractivity contribution in [3.63, 3.8) is 0 Å². The highest BCUT2D eigenvalue weighted by Gasteiger charge is 2.47. The number of phenols is 1. The Hall–Kier alpha value is -4.22. The van der Waals surface area contributed by atoms with Gasteiger partial charge in [-0.05, 0) is 96.0 Å². The van der Waals surface area contributed by atoms with Crippen LogP contribution in [0.25, 0.3) is 11.1 Å². The summed E-state index contributed by atoms with van der Waals surface area (Å²) in [5.74, 6) is 0.717. The fraction of sp³-hybridized carbons (Fsp3) is 0.500. The molecule has 2 N–H and O–H groups in total. The van der Waals surface area contributed by atoms with Gasteiger partial charge in [-0.2, -0.15) is 0 Å². The van der Waals surface area contributed by atoms with Gasteiger partial charge in [-0.3, -0.25) is 0 Å². The molecule has 10 nitrogen and oxygen atoms in total. The van der Waals surface area contributed by atoms with Gasteiger partial charge >= 0.3 is 12.1 Å². The molecule has 0 fully saturated rings. The number of alkyl carbamates (subject to hydrolysis) is 1. The number of amides is 1. The molecule has 0 saturated carbocycles. The average Bonchev–Trinajstić information content (AvgIpc) is 3.07. The van der Waals surface area contributed by atoms with Gasteiger partial charge in [0.1, 0.15) is 5.60 Å². The predicted octanol–water partition coefficient (Wildman–Crippen LogP) is 9.24. The quantitative estimate of drug-likeness (QED) is 0.110. The summed E-state index contributed by atoms with van der Waals surface area (Å²) >= 11 is 0. The molecule has 3 aromatic rings. The van der Waals surface area contributed by atoms with E-state index in [0.29, 0.717) is 33.8 Å². The van der Waals surface area contributed by atoms with E-state index < -0.39 is 32.1 Å². The minimum atomic E-state index is -2.56. The van der Waals surface area contributed by atoms with E-state index in [4.69, 9.17) is 28.1 Å². The van der Waals surface area contributed by atoms with E-state index in [0.717, 1.165) is 5.56 Å². The number of hydrogen-bond acceptors (Lipinski definition) is 9. The first-order valence-electron chi connectivity index (χ1n) is 17.5. The maximum atomic E-state index is 13.1. The molecule has 0 aliphatic carbocycles. The van der Waals surface area contributed by atoms with Crippen LogP contribution in [-0.2, 0) is 20.3 Å². The van der Waals surface area contributed by atoms with E-state index >= 15 is 0 Å².